The summed E-state index contributed by atoms with van der Waals surface area (Å²) in [5.41, 5.74) is 9.39. The fourth-order valence-electron chi connectivity index (χ4n) is 3.01. The van der Waals surface area contributed by atoms with Crippen molar-refractivity contribution in [1.82, 2.24) is 19.9 Å². The van der Waals surface area contributed by atoms with E-state index in [1.807, 2.05) is 30.5 Å². The normalized spacial score (nSPS) is 14.8. The van der Waals surface area contributed by atoms with Crippen LogP contribution in [-0.4, -0.2) is 31.5 Å². The van der Waals surface area contributed by atoms with E-state index >= 15 is 0 Å². The molecule has 0 bridgehead atoms. The molecule has 0 amide bonds. The van der Waals surface area contributed by atoms with Gasteiger partial charge in [0.05, 0.1) is 11.4 Å². The van der Waals surface area contributed by atoms with E-state index in [0.29, 0.717) is 11.5 Å². The quantitative estimate of drug-likeness (QED) is 0.751. The number of aromatic hydroxyl groups is 1. The number of phenolic OH excluding ortho intramolecular Hbond substituents is 1. The van der Waals surface area contributed by atoms with Crippen LogP contribution in [0.3, 0.4) is 0 Å². The van der Waals surface area contributed by atoms with Gasteiger partial charge in [0.15, 0.2) is 0 Å². The Morgan fingerprint density at radius 1 is 1.17 bits per heavy atom. The van der Waals surface area contributed by atoms with E-state index in [-0.39, 0.29) is 5.75 Å². The molecule has 0 saturated carbocycles. The van der Waals surface area contributed by atoms with Gasteiger partial charge in [-0.3, -0.25) is 4.90 Å². The number of rotatable bonds is 2. The van der Waals surface area contributed by atoms with Crippen molar-refractivity contribution in [2.75, 3.05) is 12.3 Å². The highest BCUT2D eigenvalue weighted by molar-refractivity contribution is 5.84. The van der Waals surface area contributed by atoms with Gasteiger partial charge in [-0.2, -0.15) is 0 Å². The largest absolute Gasteiger partial charge is 0.506 e. The Balaban J connectivity index is 1.57. The Labute approximate surface area is 133 Å². The van der Waals surface area contributed by atoms with Gasteiger partial charge in [-0.15, -0.1) is 0 Å². The summed E-state index contributed by atoms with van der Waals surface area (Å²) in [6.45, 7) is 2.42. The van der Waals surface area contributed by atoms with Gasteiger partial charge in [0.2, 0.25) is 5.95 Å². The highest BCUT2D eigenvalue weighted by Gasteiger charge is 2.18. The number of anilines is 1. The van der Waals surface area contributed by atoms with Crippen LogP contribution in [0, 0.1) is 0 Å². The molecule has 4 rings (SSSR count). The second-order valence-corrected chi connectivity index (χ2v) is 5.81. The Bertz CT molecular complexity index is 880. The van der Waals surface area contributed by atoms with Crippen molar-refractivity contribution in [1.29, 1.82) is 0 Å². The van der Waals surface area contributed by atoms with Crippen molar-refractivity contribution in [2.45, 2.75) is 19.5 Å². The standard InChI is InChI=1S/C17H17N5O/c18-17-19-8-12-9-22(7-6-14(12)21-17)10-13-5-4-11-2-1-3-15(23)16(11)20-13/h1-5,8,23H,6-7,9-10H2,(H2,18,19,21). The fraction of sp³-hybridized carbons (Fsp3) is 0.235. The highest BCUT2D eigenvalue weighted by atomic mass is 16.3. The van der Waals surface area contributed by atoms with Crippen LogP contribution in [0.25, 0.3) is 10.9 Å². The maximum Gasteiger partial charge on any atom is 0.220 e. The summed E-state index contributed by atoms with van der Waals surface area (Å²) in [6, 6.07) is 9.45. The molecule has 0 fully saturated rings. The molecule has 6 nitrogen and oxygen atoms in total. The molecule has 3 N–H and O–H groups in total. The zero-order valence-corrected chi connectivity index (χ0v) is 12.6. The lowest BCUT2D eigenvalue weighted by atomic mass is 10.1. The minimum Gasteiger partial charge on any atom is -0.506 e. The molecule has 0 aliphatic carbocycles. The Morgan fingerprint density at radius 2 is 2.09 bits per heavy atom. The predicted molar refractivity (Wildman–Crippen MR) is 87.7 cm³/mol. The molecule has 3 heterocycles. The number of hydrogen-bond donors (Lipinski definition) is 2. The molecule has 23 heavy (non-hydrogen) atoms. The molecule has 2 aromatic heterocycles. The molecular weight excluding hydrogens is 290 g/mol. The zero-order chi connectivity index (χ0) is 15.8. The zero-order valence-electron chi connectivity index (χ0n) is 12.6. The summed E-state index contributed by atoms with van der Waals surface area (Å²) in [5, 5.41) is 10.9. The molecule has 0 spiro atoms. The molecule has 3 aromatic rings. The molecule has 1 aliphatic rings. The predicted octanol–water partition coefficient (Wildman–Crippen LogP) is 1.87. The van der Waals surface area contributed by atoms with Gasteiger partial charge >= 0.3 is 0 Å². The number of nitrogens with zero attached hydrogens (tertiary/aromatic N) is 4. The average molecular weight is 307 g/mol. The molecule has 0 saturated heterocycles. The number of benzene rings is 1. The third kappa shape index (κ3) is 2.68. The van der Waals surface area contributed by atoms with Gasteiger partial charge in [0.25, 0.3) is 0 Å². The van der Waals surface area contributed by atoms with E-state index in [2.05, 4.69) is 19.9 Å². The SMILES string of the molecule is Nc1ncc2c(n1)CCN(Cc1ccc3cccc(O)c3n1)C2. The first-order valence-corrected chi connectivity index (χ1v) is 7.59. The minimum absolute atomic E-state index is 0.220. The molecule has 0 radical (unpaired) electrons. The number of fused-ring (bicyclic) bond motifs is 2. The second-order valence-electron chi connectivity index (χ2n) is 5.81. The number of nitrogens with two attached hydrogens (primary N) is 1. The number of para-hydroxylation sites is 1. The van der Waals surface area contributed by atoms with Crippen molar-refractivity contribution < 1.29 is 5.11 Å². The molecule has 1 aliphatic heterocycles. The second kappa shape index (κ2) is 5.48. The van der Waals surface area contributed by atoms with Crippen LogP contribution >= 0.6 is 0 Å². The summed E-state index contributed by atoms with van der Waals surface area (Å²) < 4.78 is 0. The highest BCUT2D eigenvalue weighted by Crippen LogP contribution is 2.24. The molecule has 116 valence electrons. The summed E-state index contributed by atoms with van der Waals surface area (Å²) in [7, 11) is 0. The molecule has 0 atom stereocenters. The Kier molecular flexibility index (Phi) is 3.31. The van der Waals surface area contributed by atoms with E-state index in [1.165, 1.54) is 0 Å². The lowest BCUT2D eigenvalue weighted by Gasteiger charge is -2.27. The maximum atomic E-state index is 9.95. The van der Waals surface area contributed by atoms with Crippen LogP contribution in [0.5, 0.6) is 5.75 Å². The number of hydrogen-bond acceptors (Lipinski definition) is 6. The van der Waals surface area contributed by atoms with Crippen molar-refractivity contribution >= 4 is 16.9 Å². The topological polar surface area (TPSA) is 88.2 Å². The van der Waals surface area contributed by atoms with Crippen LogP contribution in [0.15, 0.2) is 36.5 Å². The first kappa shape index (κ1) is 13.9. The molecular formula is C17H17N5O. The average Bonchev–Trinajstić information content (AvgIpc) is 2.56. The summed E-state index contributed by atoms with van der Waals surface area (Å²) in [6.07, 6.45) is 2.67. The smallest absolute Gasteiger partial charge is 0.220 e. The molecule has 1 aromatic carbocycles. The van der Waals surface area contributed by atoms with E-state index in [1.54, 1.807) is 6.07 Å². The van der Waals surface area contributed by atoms with Gasteiger partial charge in [0.1, 0.15) is 11.3 Å². The number of pyridine rings is 1. The lowest BCUT2D eigenvalue weighted by Crippen LogP contribution is -2.31. The van der Waals surface area contributed by atoms with Crippen molar-refractivity contribution in [2.24, 2.45) is 0 Å². The van der Waals surface area contributed by atoms with Crippen LogP contribution in [0.1, 0.15) is 17.0 Å². The summed E-state index contributed by atoms with van der Waals surface area (Å²) in [5.74, 6) is 0.557. The van der Waals surface area contributed by atoms with Crippen molar-refractivity contribution in [3.05, 3.63) is 53.5 Å². The number of aromatic nitrogens is 3. The first-order chi connectivity index (χ1) is 11.2. The van der Waals surface area contributed by atoms with E-state index in [0.717, 1.165) is 48.4 Å². The van der Waals surface area contributed by atoms with Gasteiger partial charge in [-0.25, -0.2) is 15.0 Å². The monoisotopic (exact) mass is 307 g/mol. The van der Waals surface area contributed by atoms with Crippen LogP contribution in [0.2, 0.25) is 0 Å². The Morgan fingerprint density at radius 3 is 3.00 bits per heavy atom. The molecule has 6 heteroatoms. The minimum atomic E-state index is 0.220. The Hall–Kier alpha value is -2.73. The maximum absolute atomic E-state index is 9.95. The van der Waals surface area contributed by atoms with Gasteiger partial charge < -0.3 is 10.8 Å². The van der Waals surface area contributed by atoms with Crippen LogP contribution in [-0.2, 0) is 19.5 Å². The lowest BCUT2D eigenvalue weighted by molar-refractivity contribution is 0.240. The van der Waals surface area contributed by atoms with E-state index in [9.17, 15) is 5.11 Å². The molecule has 0 unspecified atom stereocenters. The van der Waals surface area contributed by atoms with Gasteiger partial charge in [-0.1, -0.05) is 18.2 Å². The summed E-state index contributed by atoms with van der Waals surface area (Å²) in [4.78, 5) is 15.3. The van der Waals surface area contributed by atoms with Gasteiger partial charge in [-0.05, 0) is 12.1 Å². The number of phenols is 1. The van der Waals surface area contributed by atoms with Gasteiger partial charge in [0, 0.05) is 43.2 Å². The summed E-state index contributed by atoms with van der Waals surface area (Å²) >= 11 is 0. The van der Waals surface area contributed by atoms with Crippen molar-refractivity contribution in [3.8, 4) is 5.75 Å². The fourth-order valence-corrected chi connectivity index (χ4v) is 3.01. The number of nitrogen functional groups attached to an aromatic ring is 1. The van der Waals surface area contributed by atoms with Crippen molar-refractivity contribution in [3.63, 3.8) is 0 Å². The van der Waals surface area contributed by atoms with E-state index < -0.39 is 0 Å². The van der Waals surface area contributed by atoms with Crippen LogP contribution < -0.4 is 5.73 Å². The van der Waals surface area contributed by atoms with Crippen LogP contribution in [0.4, 0.5) is 5.95 Å². The first-order valence-electron chi connectivity index (χ1n) is 7.59. The third-order valence-corrected chi connectivity index (χ3v) is 4.17. The third-order valence-electron chi connectivity index (χ3n) is 4.17. The van der Waals surface area contributed by atoms with E-state index in [4.69, 9.17) is 5.73 Å².